The summed E-state index contributed by atoms with van der Waals surface area (Å²) < 4.78 is 0. The van der Waals surface area contributed by atoms with Crippen molar-refractivity contribution in [3.63, 3.8) is 0 Å². The van der Waals surface area contributed by atoms with Crippen molar-refractivity contribution >= 4 is 17.2 Å². The van der Waals surface area contributed by atoms with E-state index in [0.717, 1.165) is 36.2 Å². The minimum atomic E-state index is 0.796. The average Bonchev–Trinajstić information content (AvgIpc) is 2.81. The maximum absolute atomic E-state index is 4.60. The smallest absolute Gasteiger partial charge is 0.131 e. The average molecular weight is 290 g/mol. The highest BCUT2D eigenvalue weighted by Crippen LogP contribution is 2.19. The van der Waals surface area contributed by atoms with Gasteiger partial charge in [0.2, 0.25) is 0 Å². The van der Waals surface area contributed by atoms with Gasteiger partial charge in [0.05, 0.1) is 17.2 Å². The molecule has 108 valence electrons. The highest BCUT2D eigenvalue weighted by molar-refractivity contribution is 7.09. The Balaban J connectivity index is 2.07. The van der Waals surface area contributed by atoms with Crippen molar-refractivity contribution in [2.75, 3.05) is 18.5 Å². The van der Waals surface area contributed by atoms with Crippen LogP contribution in [0, 0.1) is 13.8 Å². The van der Waals surface area contributed by atoms with Crippen LogP contribution >= 0.6 is 11.3 Å². The van der Waals surface area contributed by atoms with E-state index < -0.39 is 0 Å². The summed E-state index contributed by atoms with van der Waals surface area (Å²) in [7, 11) is 2.06. The second-order valence-corrected chi connectivity index (χ2v) is 6.04. The minimum absolute atomic E-state index is 0.796. The minimum Gasteiger partial charge on any atom is -0.354 e. The first-order valence-corrected chi connectivity index (χ1v) is 7.76. The van der Waals surface area contributed by atoms with Gasteiger partial charge in [-0.3, -0.25) is 0 Å². The molecule has 2 aromatic heterocycles. The Morgan fingerprint density at radius 2 is 2.15 bits per heavy atom. The number of anilines is 1. The van der Waals surface area contributed by atoms with Gasteiger partial charge in [0.25, 0.3) is 0 Å². The van der Waals surface area contributed by atoms with E-state index in [0.29, 0.717) is 0 Å². The summed E-state index contributed by atoms with van der Waals surface area (Å²) >= 11 is 1.69. The lowest BCUT2D eigenvalue weighted by Gasteiger charge is -2.19. The van der Waals surface area contributed by atoms with Gasteiger partial charge in [-0.1, -0.05) is 6.92 Å². The number of rotatable bonds is 6. The van der Waals surface area contributed by atoms with Gasteiger partial charge in [0.1, 0.15) is 5.82 Å². The van der Waals surface area contributed by atoms with Gasteiger partial charge in [-0.05, 0) is 37.6 Å². The van der Waals surface area contributed by atoms with Gasteiger partial charge in [0.15, 0.2) is 0 Å². The Kier molecular flexibility index (Phi) is 5.09. The molecule has 2 aromatic rings. The third-order valence-corrected chi connectivity index (χ3v) is 3.94. The molecule has 20 heavy (non-hydrogen) atoms. The molecule has 5 heteroatoms. The molecule has 0 saturated heterocycles. The molecule has 0 atom stereocenters. The van der Waals surface area contributed by atoms with Crippen LogP contribution in [0.3, 0.4) is 0 Å². The number of pyridine rings is 1. The molecule has 0 saturated carbocycles. The van der Waals surface area contributed by atoms with Gasteiger partial charge < -0.3 is 10.2 Å². The Bertz CT molecular complexity index is 565. The Morgan fingerprint density at radius 3 is 2.75 bits per heavy atom. The summed E-state index contributed by atoms with van der Waals surface area (Å²) in [5.41, 5.74) is 3.54. The highest BCUT2D eigenvalue weighted by atomic mass is 32.1. The molecule has 2 rings (SSSR count). The Labute approximate surface area is 124 Å². The van der Waals surface area contributed by atoms with Crippen LogP contribution in [0.2, 0.25) is 0 Å². The molecule has 0 radical (unpaired) electrons. The first-order valence-electron chi connectivity index (χ1n) is 6.88. The molecule has 4 nitrogen and oxygen atoms in total. The van der Waals surface area contributed by atoms with Crippen molar-refractivity contribution in [3.05, 3.63) is 39.5 Å². The number of aryl methyl sites for hydroxylation is 2. The van der Waals surface area contributed by atoms with E-state index in [-0.39, 0.29) is 0 Å². The van der Waals surface area contributed by atoms with Crippen molar-refractivity contribution in [2.45, 2.75) is 33.9 Å². The number of aromatic nitrogens is 2. The van der Waals surface area contributed by atoms with E-state index in [2.05, 4.69) is 52.5 Å². The molecule has 0 fully saturated rings. The summed E-state index contributed by atoms with van der Waals surface area (Å²) in [5.74, 6) is 1.02. The number of thiazole rings is 1. The van der Waals surface area contributed by atoms with E-state index in [1.807, 2.05) is 13.1 Å². The lowest BCUT2D eigenvalue weighted by Crippen LogP contribution is -2.19. The number of hydrogen-bond donors (Lipinski definition) is 1. The monoisotopic (exact) mass is 290 g/mol. The molecule has 0 aliphatic rings. The second kappa shape index (κ2) is 6.81. The molecule has 0 unspecified atom stereocenters. The van der Waals surface area contributed by atoms with E-state index in [9.17, 15) is 0 Å². The second-order valence-electron chi connectivity index (χ2n) is 4.98. The molecule has 0 aliphatic heterocycles. The van der Waals surface area contributed by atoms with Crippen LogP contribution in [-0.4, -0.2) is 23.6 Å². The van der Waals surface area contributed by atoms with Crippen LogP contribution in [0.4, 0.5) is 5.82 Å². The zero-order chi connectivity index (χ0) is 14.5. The van der Waals surface area contributed by atoms with Crippen LogP contribution in [0.15, 0.2) is 17.6 Å². The lowest BCUT2D eigenvalue weighted by molar-refractivity contribution is 0.723. The van der Waals surface area contributed by atoms with Crippen LogP contribution in [0.1, 0.15) is 28.8 Å². The zero-order valence-electron chi connectivity index (χ0n) is 12.6. The van der Waals surface area contributed by atoms with E-state index in [4.69, 9.17) is 0 Å². The standard InChI is InChI=1S/C15H22N4S/c1-5-16-7-13-6-11(2)15(17-8-13)19(4)9-14-10-20-12(3)18-14/h6,8,10,16H,5,7,9H2,1-4H3. The maximum atomic E-state index is 4.60. The normalized spacial score (nSPS) is 10.8. The molecule has 0 amide bonds. The summed E-state index contributed by atoms with van der Waals surface area (Å²) in [6.45, 7) is 8.90. The molecule has 0 aliphatic carbocycles. The summed E-state index contributed by atoms with van der Waals surface area (Å²) in [4.78, 5) is 11.3. The fraction of sp³-hybridized carbons (Fsp3) is 0.467. The van der Waals surface area contributed by atoms with Crippen molar-refractivity contribution in [3.8, 4) is 0 Å². The molecule has 2 heterocycles. The van der Waals surface area contributed by atoms with Crippen LogP contribution in [0.25, 0.3) is 0 Å². The first kappa shape index (κ1) is 14.9. The third kappa shape index (κ3) is 3.77. The van der Waals surface area contributed by atoms with Gasteiger partial charge in [-0.25, -0.2) is 9.97 Å². The number of hydrogen-bond acceptors (Lipinski definition) is 5. The molecule has 0 spiro atoms. The molecular formula is C15H22N4S. The molecule has 1 N–H and O–H groups in total. The van der Waals surface area contributed by atoms with Gasteiger partial charge in [0, 0.05) is 25.2 Å². The molecular weight excluding hydrogens is 268 g/mol. The van der Waals surface area contributed by atoms with E-state index in [1.165, 1.54) is 11.1 Å². The van der Waals surface area contributed by atoms with Crippen LogP contribution in [-0.2, 0) is 13.1 Å². The fourth-order valence-electron chi connectivity index (χ4n) is 2.19. The third-order valence-electron chi connectivity index (χ3n) is 3.11. The zero-order valence-corrected chi connectivity index (χ0v) is 13.4. The summed E-state index contributed by atoms with van der Waals surface area (Å²) in [6.07, 6.45) is 1.95. The topological polar surface area (TPSA) is 41.1 Å². The molecule has 0 aromatic carbocycles. The Hall–Kier alpha value is -1.46. The van der Waals surface area contributed by atoms with E-state index in [1.54, 1.807) is 11.3 Å². The predicted molar refractivity (Wildman–Crippen MR) is 85.3 cm³/mol. The van der Waals surface area contributed by atoms with Crippen LogP contribution in [0.5, 0.6) is 0 Å². The Morgan fingerprint density at radius 1 is 1.35 bits per heavy atom. The van der Waals surface area contributed by atoms with E-state index >= 15 is 0 Å². The predicted octanol–water partition coefficient (Wildman–Crippen LogP) is 2.90. The number of nitrogens with one attached hydrogen (secondary N) is 1. The van der Waals surface area contributed by atoms with Crippen molar-refractivity contribution < 1.29 is 0 Å². The van der Waals surface area contributed by atoms with Crippen molar-refractivity contribution in [2.24, 2.45) is 0 Å². The van der Waals surface area contributed by atoms with Gasteiger partial charge in [-0.15, -0.1) is 11.3 Å². The summed E-state index contributed by atoms with van der Waals surface area (Å²) in [5, 5.41) is 6.54. The summed E-state index contributed by atoms with van der Waals surface area (Å²) in [6, 6.07) is 2.20. The van der Waals surface area contributed by atoms with Crippen molar-refractivity contribution in [1.29, 1.82) is 0 Å². The highest BCUT2D eigenvalue weighted by Gasteiger charge is 2.09. The fourth-order valence-corrected chi connectivity index (χ4v) is 2.79. The SMILES string of the molecule is CCNCc1cnc(N(C)Cc2csc(C)n2)c(C)c1. The van der Waals surface area contributed by atoms with Crippen molar-refractivity contribution in [1.82, 2.24) is 15.3 Å². The quantitative estimate of drug-likeness (QED) is 0.888. The first-order chi connectivity index (χ1) is 9.60. The van der Waals surface area contributed by atoms with Gasteiger partial charge in [-0.2, -0.15) is 0 Å². The van der Waals surface area contributed by atoms with Crippen LogP contribution < -0.4 is 10.2 Å². The molecule has 0 bridgehead atoms. The maximum Gasteiger partial charge on any atom is 0.131 e. The van der Waals surface area contributed by atoms with Gasteiger partial charge >= 0.3 is 0 Å². The largest absolute Gasteiger partial charge is 0.354 e. The number of nitrogens with zero attached hydrogens (tertiary/aromatic N) is 3. The lowest BCUT2D eigenvalue weighted by atomic mass is 10.2.